The van der Waals surface area contributed by atoms with Gasteiger partial charge < -0.3 is 10.1 Å². The van der Waals surface area contributed by atoms with Crippen LogP contribution in [0.2, 0.25) is 0 Å². The Kier molecular flexibility index (Phi) is 4.85. The van der Waals surface area contributed by atoms with Gasteiger partial charge in [-0.3, -0.25) is 9.69 Å². The highest BCUT2D eigenvalue weighted by atomic mass is 32.1. The fourth-order valence-corrected chi connectivity index (χ4v) is 6.57. The van der Waals surface area contributed by atoms with E-state index in [-0.39, 0.29) is 17.4 Å². The second kappa shape index (κ2) is 7.33. The van der Waals surface area contributed by atoms with E-state index in [2.05, 4.69) is 41.7 Å². The quantitative estimate of drug-likeness (QED) is 0.721. The summed E-state index contributed by atoms with van der Waals surface area (Å²) in [6.07, 6.45) is 4.75. The molecule has 5 heteroatoms. The third-order valence-electron chi connectivity index (χ3n) is 7.55. The Morgan fingerprint density at radius 2 is 1.77 bits per heavy atom. The van der Waals surface area contributed by atoms with Crippen LogP contribution in [0.3, 0.4) is 0 Å². The van der Waals surface area contributed by atoms with E-state index < -0.39 is 5.54 Å². The Bertz CT molecular complexity index is 1040. The van der Waals surface area contributed by atoms with E-state index in [1.165, 1.54) is 16.7 Å². The van der Waals surface area contributed by atoms with Gasteiger partial charge in [0.15, 0.2) is 10.7 Å². The average Bonchev–Trinajstić information content (AvgIpc) is 3.08. The predicted octanol–water partition coefficient (Wildman–Crippen LogP) is 4.53. The molecule has 31 heavy (non-hydrogen) atoms. The summed E-state index contributed by atoms with van der Waals surface area (Å²) in [5.41, 5.74) is 4.08. The normalized spacial score (nSPS) is 23.8. The largest absolute Gasteiger partial charge is 0.494 e. The van der Waals surface area contributed by atoms with Gasteiger partial charge in [-0.15, -0.1) is 0 Å². The van der Waals surface area contributed by atoms with Crippen LogP contribution in [0.15, 0.2) is 42.5 Å². The lowest BCUT2D eigenvalue weighted by atomic mass is 9.65. The monoisotopic (exact) mass is 434 g/mol. The van der Waals surface area contributed by atoms with Crippen molar-refractivity contribution in [2.24, 2.45) is 5.41 Å². The summed E-state index contributed by atoms with van der Waals surface area (Å²) in [5, 5.41) is 4.15. The molecule has 162 valence electrons. The van der Waals surface area contributed by atoms with Crippen LogP contribution in [0, 0.1) is 5.41 Å². The molecule has 1 unspecified atom stereocenters. The molecule has 5 rings (SSSR count). The molecule has 1 amide bonds. The van der Waals surface area contributed by atoms with Crippen molar-refractivity contribution in [2.75, 3.05) is 6.61 Å². The molecule has 2 aliphatic carbocycles. The fourth-order valence-electron chi connectivity index (χ4n) is 6.13. The van der Waals surface area contributed by atoms with Gasteiger partial charge in [-0.1, -0.05) is 30.3 Å². The number of benzene rings is 2. The van der Waals surface area contributed by atoms with Gasteiger partial charge in [-0.05, 0) is 99.5 Å². The first kappa shape index (κ1) is 20.5. The summed E-state index contributed by atoms with van der Waals surface area (Å²) >= 11 is 5.73. The Balaban J connectivity index is 1.67. The van der Waals surface area contributed by atoms with Crippen molar-refractivity contribution in [2.45, 2.75) is 64.5 Å². The van der Waals surface area contributed by atoms with Crippen molar-refractivity contribution >= 4 is 23.2 Å². The summed E-state index contributed by atoms with van der Waals surface area (Å²) in [6, 6.07) is 15.0. The standard InChI is InChI=1S/C26H30N2O2S/c1-4-30-21-10-9-20-16-25(13-11-18-7-5-6-8-19(18)12-14-25)26(22(20)15-21)23(29)28(17(2)3)24(31)27-26/h5-10,15,17H,4,11-14,16H2,1-3H3,(H,27,31). The summed E-state index contributed by atoms with van der Waals surface area (Å²) in [4.78, 5) is 16.0. The Morgan fingerprint density at radius 1 is 1.10 bits per heavy atom. The lowest BCUT2D eigenvalue weighted by Crippen LogP contribution is -2.55. The third kappa shape index (κ3) is 2.85. The van der Waals surface area contributed by atoms with Crippen molar-refractivity contribution < 1.29 is 9.53 Å². The number of aryl methyl sites for hydroxylation is 2. The van der Waals surface area contributed by atoms with Crippen LogP contribution in [0.1, 0.15) is 55.9 Å². The number of ether oxygens (including phenoxy) is 1. The Labute approximate surface area is 190 Å². The number of thiocarbonyl (C=S) groups is 1. The van der Waals surface area contributed by atoms with Gasteiger partial charge in [0.2, 0.25) is 0 Å². The molecule has 2 spiro atoms. The molecule has 2 aromatic rings. The molecule has 1 fully saturated rings. The molecule has 2 aromatic carbocycles. The third-order valence-corrected chi connectivity index (χ3v) is 7.85. The van der Waals surface area contributed by atoms with Crippen LogP contribution in [0.4, 0.5) is 0 Å². The van der Waals surface area contributed by atoms with E-state index >= 15 is 0 Å². The maximum Gasteiger partial charge on any atom is 0.259 e. The number of nitrogens with zero attached hydrogens (tertiary/aromatic N) is 1. The summed E-state index contributed by atoms with van der Waals surface area (Å²) in [6.45, 7) is 6.66. The van der Waals surface area contributed by atoms with Crippen molar-refractivity contribution in [3.05, 3.63) is 64.7 Å². The number of fused-ring (bicyclic) bond motifs is 4. The fraction of sp³-hybridized carbons (Fsp3) is 0.462. The molecule has 4 nitrogen and oxygen atoms in total. The number of nitrogens with one attached hydrogen (secondary N) is 1. The minimum Gasteiger partial charge on any atom is -0.494 e. The number of hydrogen-bond donors (Lipinski definition) is 1. The molecule has 0 radical (unpaired) electrons. The van der Waals surface area contributed by atoms with Crippen molar-refractivity contribution in [1.82, 2.24) is 10.2 Å². The Hall–Kier alpha value is -2.40. The van der Waals surface area contributed by atoms with Crippen LogP contribution in [-0.4, -0.2) is 28.6 Å². The topological polar surface area (TPSA) is 41.6 Å². The van der Waals surface area contributed by atoms with Gasteiger partial charge in [0, 0.05) is 11.5 Å². The van der Waals surface area contributed by atoms with E-state index in [0.717, 1.165) is 43.4 Å². The molecular formula is C26H30N2O2S. The minimum absolute atomic E-state index is 0.0195. The lowest BCUT2D eigenvalue weighted by Gasteiger charge is -2.42. The number of carbonyl (C=O) groups excluding carboxylic acids is 1. The zero-order chi connectivity index (χ0) is 21.8. The van der Waals surface area contributed by atoms with Gasteiger partial charge >= 0.3 is 0 Å². The number of amides is 1. The van der Waals surface area contributed by atoms with Crippen molar-refractivity contribution in [3.8, 4) is 5.75 Å². The zero-order valence-electron chi connectivity index (χ0n) is 18.5. The smallest absolute Gasteiger partial charge is 0.259 e. The molecule has 0 saturated carbocycles. The Morgan fingerprint density at radius 3 is 2.35 bits per heavy atom. The first-order valence-corrected chi connectivity index (χ1v) is 11.8. The molecule has 1 N–H and O–H groups in total. The first-order valence-electron chi connectivity index (χ1n) is 11.4. The highest BCUT2D eigenvalue weighted by Gasteiger charge is 2.66. The molecule has 1 saturated heterocycles. The van der Waals surface area contributed by atoms with Gasteiger partial charge in [0.25, 0.3) is 5.91 Å². The number of carbonyl (C=O) groups is 1. The molecule has 0 bridgehead atoms. The highest BCUT2D eigenvalue weighted by molar-refractivity contribution is 7.80. The second-order valence-electron chi connectivity index (χ2n) is 9.43. The zero-order valence-corrected chi connectivity index (χ0v) is 19.3. The molecule has 1 atom stereocenters. The molecule has 1 heterocycles. The summed E-state index contributed by atoms with van der Waals surface area (Å²) in [5.74, 6) is 0.920. The van der Waals surface area contributed by atoms with Gasteiger partial charge in [-0.2, -0.15) is 0 Å². The van der Waals surface area contributed by atoms with E-state index in [1.807, 2.05) is 26.8 Å². The second-order valence-corrected chi connectivity index (χ2v) is 9.81. The summed E-state index contributed by atoms with van der Waals surface area (Å²) in [7, 11) is 0. The SMILES string of the molecule is CCOc1ccc2c(c1)C1(NC(=S)N(C(C)C)C1=O)C1(CCc3ccccc3CC1)C2. The van der Waals surface area contributed by atoms with Crippen LogP contribution in [-0.2, 0) is 29.6 Å². The van der Waals surface area contributed by atoms with E-state index in [9.17, 15) is 4.79 Å². The summed E-state index contributed by atoms with van der Waals surface area (Å²) < 4.78 is 5.84. The van der Waals surface area contributed by atoms with Crippen LogP contribution in [0.5, 0.6) is 5.75 Å². The van der Waals surface area contributed by atoms with Crippen molar-refractivity contribution in [3.63, 3.8) is 0 Å². The van der Waals surface area contributed by atoms with E-state index in [1.54, 1.807) is 4.90 Å². The van der Waals surface area contributed by atoms with E-state index in [0.29, 0.717) is 11.7 Å². The molecule has 1 aliphatic heterocycles. The minimum atomic E-state index is -0.821. The molecular weight excluding hydrogens is 404 g/mol. The number of hydrogen-bond acceptors (Lipinski definition) is 3. The molecule has 3 aliphatic rings. The predicted molar refractivity (Wildman–Crippen MR) is 126 cm³/mol. The average molecular weight is 435 g/mol. The van der Waals surface area contributed by atoms with Crippen LogP contribution >= 0.6 is 12.2 Å². The highest BCUT2D eigenvalue weighted by Crippen LogP contribution is 2.59. The van der Waals surface area contributed by atoms with Gasteiger partial charge in [0.05, 0.1) is 6.61 Å². The maximum absolute atomic E-state index is 14.2. The van der Waals surface area contributed by atoms with Gasteiger partial charge in [0.1, 0.15) is 5.75 Å². The van der Waals surface area contributed by atoms with Crippen LogP contribution < -0.4 is 10.1 Å². The van der Waals surface area contributed by atoms with Crippen LogP contribution in [0.25, 0.3) is 0 Å². The first-order chi connectivity index (χ1) is 14.9. The molecule has 0 aromatic heterocycles. The maximum atomic E-state index is 14.2. The van der Waals surface area contributed by atoms with Gasteiger partial charge in [-0.25, -0.2) is 0 Å². The number of rotatable bonds is 3. The lowest BCUT2D eigenvalue weighted by molar-refractivity contribution is -0.137. The van der Waals surface area contributed by atoms with E-state index in [4.69, 9.17) is 17.0 Å². The van der Waals surface area contributed by atoms with Crippen molar-refractivity contribution in [1.29, 1.82) is 0 Å².